The zero-order chi connectivity index (χ0) is 22.2. The first-order valence-corrected chi connectivity index (χ1v) is 10.7. The Morgan fingerprint density at radius 1 is 1.10 bits per heavy atom. The lowest BCUT2D eigenvalue weighted by Crippen LogP contribution is -2.40. The zero-order valence-corrected chi connectivity index (χ0v) is 18.1. The number of hydrogen-bond donors (Lipinski definition) is 1. The number of rotatable bonds is 7. The van der Waals surface area contributed by atoms with E-state index in [9.17, 15) is 9.59 Å². The lowest BCUT2D eigenvalue weighted by molar-refractivity contribution is -0.122. The van der Waals surface area contributed by atoms with E-state index in [1.54, 1.807) is 0 Å². The molecule has 1 aliphatic rings. The summed E-state index contributed by atoms with van der Waals surface area (Å²) in [6.07, 6.45) is 0.702. The number of morpholine rings is 1. The molecule has 0 spiro atoms. The average molecular weight is 420 g/mol. The molecule has 1 unspecified atom stereocenters. The van der Waals surface area contributed by atoms with Gasteiger partial charge in [0.05, 0.1) is 25.2 Å². The molecule has 0 saturated carbocycles. The summed E-state index contributed by atoms with van der Waals surface area (Å²) >= 11 is 0. The fourth-order valence-corrected chi connectivity index (χ4v) is 3.80. The molecular weight excluding hydrogens is 390 g/mol. The van der Waals surface area contributed by atoms with Crippen LogP contribution in [0.25, 0.3) is 11.1 Å². The van der Waals surface area contributed by atoms with Crippen molar-refractivity contribution < 1.29 is 14.3 Å². The summed E-state index contributed by atoms with van der Waals surface area (Å²) in [5.74, 6) is -0.0731. The molecule has 0 bridgehead atoms. The van der Waals surface area contributed by atoms with Crippen LogP contribution in [0.3, 0.4) is 0 Å². The Kier molecular flexibility index (Phi) is 7.80. The third-order valence-corrected chi connectivity index (χ3v) is 5.42. The van der Waals surface area contributed by atoms with E-state index in [2.05, 4.69) is 19.2 Å². The number of benzene rings is 2. The minimum Gasteiger partial charge on any atom is -0.378 e. The van der Waals surface area contributed by atoms with Crippen molar-refractivity contribution in [2.24, 2.45) is 5.92 Å². The molecule has 2 aromatic carbocycles. The highest BCUT2D eigenvalue weighted by molar-refractivity contribution is 5.94. The van der Waals surface area contributed by atoms with Gasteiger partial charge in [0, 0.05) is 18.7 Å². The van der Waals surface area contributed by atoms with Crippen molar-refractivity contribution in [3.05, 3.63) is 59.7 Å². The molecule has 1 saturated heterocycles. The highest BCUT2D eigenvalue weighted by Gasteiger charge is 2.22. The van der Waals surface area contributed by atoms with Gasteiger partial charge in [0.15, 0.2) is 0 Å². The molecule has 1 heterocycles. The predicted octanol–water partition coefficient (Wildman–Crippen LogP) is 3.60. The van der Waals surface area contributed by atoms with Crippen LogP contribution < -0.4 is 5.32 Å². The average Bonchev–Trinajstić information content (AvgIpc) is 2.81. The molecule has 6 nitrogen and oxygen atoms in total. The fourth-order valence-electron chi connectivity index (χ4n) is 3.80. The molecule has 31 heavy (non-hydrogen) atoms. The maximum Gasteiger partial charge on any atom is 0.254 e. The van der Waals surface area contributed by atoms with Crippen LogP contribution in [0.4, 0.5) is 0 Å². The van der Waals surface area contributed by atoms with Crippen LogP contribution in [0.1, 0.15) is 42.1 Å². The molecule has 1 aliphatic heterocycles. The van der Waals surface area contributed by atoms with E-state index in [1.165, 1.54) is 0 Å². The summed E-state index contributed by atoms with van der Waals surface area (Å²) in [5, 5.41) is 11.5. The first-order chi connectivity index (χ1) is 15.0. The van der Waals surface area contributed by atoms with E-state index >= 15 is 0 Å². The summed E-state index contributed by atoms with van der Waals surface area (Å²) in [7, 11) is 0. The summed E-state index contributed by atoms with van der Waals surface area (Å²) in [6.45, 7) is 6.57. The van der Waals surface area contributed by atoms with Crippen molar-refractivity contribution in [3.8, 4) is 17.2 Å². The lowest BCUT2D eigenvalue weighted by atomic mass is 9.88. The Labute approximate surface area is 183 Å². The number of amides is 2. The number of nitriles is 1. The van der Waals surface area contributed by atoms with Crippen molar-refractivity contribution in [2.45, 2.75) is 26.2 Å². The van der Waals surface area contributed by atoms with Crippen LogP contribution in [0.15, 0.2) is 48.5 Å². The van der Waals surface area contributed by atoms with Crippen molar-refractivity contribution in [3.63, 3.8) is 0 Å². The molecule has 0 aromatic heterocycles. The SMILES string of the molecule is CC(C)CC(C(=O)NCC#N)c1cccc(-c2ccc(C(=O)N3CCOCC3)cc2)c1. The Balaban J connectivity index is 1.80. The quantitative estimate of drug-likeness (QED) is 0.695. The molecule has 2 aromatic rings. The minimum atomic E-state index is -0.310. The van der Waals surface area contributed by atoms with Gasteiger partial charge in [-0.1, -0.05) is 50.2 Å². The smallest absolute Gasteiger partial charge is 0.254 e. The first kappa shape index (κ1) is 22.5. The Morgan fingerprint density at radius 3 is 2.45 bits per heavy atom. The van der Waals surface area contributed by atoms with E-state index in [-0.39, 0.29) is 24.3 Å². The largest absolute Gasteiger partial charge is 0.378 e. The number of hydrogen-bond acceptors (Lipinski definition) is 4. The van der Waals surface area contributed by atoms with Crippen LogP contribution in [0.2, 0.25) is 0 Å². The second kappa shape index (κ2) is 10.7. The van der Waals surface area contributed by atoms with E-state index in [1.807, 2.05) is 59.5 Å². The Morgan fingerprint density at radius 2 is 1.81 bits per heavy atom. The number of carbonyl (C=O) groups excluding carboxylic acids is 2. The van der Waals surface area contributed by atoms with Gasteiger partial charge in [-0.25, -0.2) is 0 Å². The number of nitrogens with one attached hydrogen (secondary N) is 1. The van der Waals surface area contributed by atoms with Gasteiger partial charge in [-0.2, -0.15) is 5.26 Å². The van der Waals surface area contributed by atoms with Crippen molar-refractivity contribution >= 4 is 11.8 Å². The molecule has 162 valence electrons. The molecule has 1 atom stereocenters. The van der Waals surface area contributed by atoms with Crippen LogP contribution in [-0.2, 0) is 9.53 Å². The van der Waals surface area contributed by atoms with Gasteiger partial charge in [0.1, 0.15) is 6.54 Å². The van der Waals surface area contributed by atoms with Crippen LogP contribution in [0.5, 0.6) is 0 Å². The molecule has 0 aliphatic carbocycles. The maximum atomic E-state index is 12.7. The van der Waals surface area contributed by atoms with E-state index in [0.29, 0.717) is 44.2 Å². The molecule has 1 fully saturated rings. The van der Waals surface area contributed by atoms with Gasteiger partial charge in [0.2, 0.25) is 5.91 Å². The van der Waals surface area contributed by atoms with Gasteiger partial charge >= 0.3 is 0 Å². The van der Waals surface area contributed by atoms with E-state index in [4.69, 9.17) is 10.00 Å². The highest BCUT2D eigenvalue weighted by Crippen LogP contribution is 2.29. The molecule has 6 heteroatoms. The van der Waals surface area contributed by atoms with Crippen LogP contribution in [-0.4, -0.2) is 49.6 Å². The molecule has 0 radical (unpaired) electrons. The normalized spacial score (nSPS) is 14.7. The third kappa shape index (κ3) is 5.93. The summed E-state index contributed by atoms with van der Waals surface area (Å²) in [5.41, 5.74) is 3.57. The molecule has 1 N–H and O–H groups in total. The standard InChI is InChI=1S/C25H29N3O3/c1-18(2)16-23(24(29)27-11-10-26)22-5-3-4-21(17-22)19-6-8-20(9-7-19)25(30)28-12-14-31-15-13-28/h3-9,17-18,23H,11-16H2,1-2H3,(H,27,29). The van der Waals surface area contributed by atoms with E-state index < -0.39 is 0 Å². The minimum absolute atomic E-state index is 0.00571. The zero-order valence-electron chi connectivity index (χ0n) is 18.1. The fraction of sp³-hybridized carbons (Fsp3) is 0.400. The van der Waals surface area contributed by atoms with Gasteiger partial charge in [-0.15, -0.1) is 0 Å². The van der Waals surface area contributed by atoms with Gasteiger partial charge in [-0.3, -0.25) is 9.59 Å². The summed E-state index contributed by atoms with van der Waals surface area (Å²) in [6, 6.07) is 17.5. The van der Waals surface area contributed by atoms with Crippen molar-refractivity contribution in [1.82, 2.24) is 10.2 Å². The number of nitrogens with zero attached hydrogens (tertiary/aromatic N) is 2. The summed E-state index contributed by atoms with van der Waals surface area (Å²) in [4.78, 5) is 27.1. The van der Waals surface area contributed by atoms with Gasteiger partial charge in [-0.05, 0) is 41.2 Å². The highest BCUT2D eigenvalue weighted by atomic mass is 16.5. The first-order valence-electron chi connectivity index (χ1n) is 10.7. The monoisotopic (exact) mass is 419 g/mol. The second-order valence-electron chi connectivity index (χ2n) is 8.17. The second-order valence-corrected chi connectivity index (χ2v) is 8.17. The van der Waals surface area contributed by atoms with Crippen LogP contribution in [0, 0.1) is 17.2 Å². The van der Waals surface area contributed by atoms with Crippen LogP contribution >= 0.6 is 0 Å². The molecule has 2 amide bonds. The number of carbonyl (C=O) groups is 2. The third-order valence-electron chi connectivity index (χ3n) is 5.42. The summed E-state index contributed by atoms with van der Waals surface area (Å²) < 4.78 is 5.32. The Hall–Kier alpha value is -3.17. The van der Waals surface area contributed by atoms with Gasteiger partial charge < -0.3 is 15.0 Å². The van der Waals surface area contributed by atoms with Gasteiger partial charge in [0.25, 0.3) is 5.91 Å². The molecular formula is C25H29N3O3. The topological polar surface area (TPSA) is 82.4 Å². The van der Waals surface area contributed by atoms with E-state index in [0.717, 1.165) is 16.7 Å². The maximum absolute atomic E-state index is 12.7. The lowest BCUT2D eigenvalue weighted by Gasteiger charge is -2.26. The van der Waals surface area contributed by atoms with Crippen molar-refractivity contribution in [1.29, 1.82) is 5.26 Å². The van der Waals surface area contributed by atoms with Crippen molar-refractivity contribution in [2.75, 3.05) is 32.8 Å². The Bertz CT molecular complexity index is 941. The molecule has 3 rings (SSSR count). The predicted molar refractivity (Wildman–Crippen MR) is 119 cm³/mol. The number of ether oxygens (including phenoxy) is 1.